The van der Waals surface area contributed by atoms with Crippen LogP contribution in [-0.4, -0.2) is 58.2 Å². The minimum Gasteiger partial charge on any atom is -0.507 e. The Hall–Kier alpha value is -5.78. The molecular formula is C30H32N2O10. The third-order valence-electron chi connectivity index (χ3n) is 4.88. The first-order valence-electron chi connectivity index (χ1n) is 11.2. The van der Waals surface area contributed by atoms with Gasteiger partial charge >= 0.3 is 11.9 Å². The van der Waals surface area contributed by atoms with Gasteiger partial charge in [-0.3, -0.25) is 9.59 Å². The molecule has 4 N–H and O–H groups in total. The number of Topliss-reactive ketones (excluding diaryl/α,β-unsaturated/α-hetero) is 1. The molecule has 12 nitrogen and oxygen atoms in total. The van der Waals surface area contributed by atoms with E-state index in [-0.39, 0.29) is 20.4 Å². The lowest BCUT2D eigenvalue weighted by molar-refractivity contribution is -0.147. The van der Waals surface area contributed by atoms with Crippen LogP contribution in [0.3, 0.4) is 0 Å². The molecule has 3 aromatic rings. The Morgan fingerprint density at radius 2 is 1.14 bits per heavy atom. The zero-order chi connectivity index (χ0) is 29.7. The van der Waals surface area contributed by atoms with Gasteiger partial charge in [0.15, 0.2) is 11.5 Å². The number of nitrogens with zero attached hydrogens (tertiary/aromatic N) is 2. The van der Waals surface area contributed by atoms with Crippen molar-refractivity contribution in [3.05, 3.63) is 102 Å². The van der Waals surface area contributed by atoms with E-state index in [9.17, 15) is 29.4 Å². The molecule has 222 valence electrons. The Bertz CT molecular complexity index is 1440. The molecule has 0 amide bonds. The monoisotopic (exact) mass is 580 g/mol. The summed E-state index contributed by atoms with van der Waals surface area (Å²) >= 11 is 0. The van der Waals surface area contributed by atoms with E-state index in [1.165, 1.54) is 38.5 Å². The number of ketones is 2. The lowest BCUT2D eigenvalue weighted by Gasteiger charge is -2.05. The molecule has 0 aliphatic heterocycles. The fraction of sp³-hybridized carbons (Fsp3) is 0.133. The standard InChI is InChI=1S/C17H14N2O5.C11H10O5.2CH4/c1-24-13-9-7-11(8-10-13)15(20)14(16(21)17(22)23)19-18-12-5-3-2-4-6-12;1-16-8-4-2-7(3-5-8)9(12)6-10(13)11(14)15;;/h2-10,20H,1H3,(H,22,23);2-6,12H,1H3,(H,14,15);2*1H4. The van der Waals surface area contributed by atoms with Crippen molar-refractivity contribution in [1.82, 2.24) is 0 Å². The number of carbonyl (C=O) groups excluding carboxylic acids is 2. The number of azo groups is 1. The summed E-state index contributed by atoms with van der Waals surface area (Å²) in [6.07, 6.45) is 0.657. The van der Waals surface area contributed by atoms with E-state index in [2.05, 4.69) is 10.2 Å². The fourth-order valence-corrected chi connectivity index (χ4v) is 2.82. The van der Waals surface area contributed by atoms with E-state index in [0.29, 0.717) is 28.8 Å². The quantitative estimate of drug-likeness (QED) is 0.0974. The second-order valence-corrected chi connectivity index (χ2v) is 7.52. The maximum atomic E-state index is 11.8. The maximum absolute atomic E-state index is 11.8. The zero-order valence-electron chi connectivity index (χ0n) is 21.2. The largest absolute Gasteiger partial charge is 0.507 e. The van der Waals surface area contributed by atoms with Crippen molar-refractivity contribution in [1.29, 1.82) is 0 Å². The van der Waals surface area contributed by atoms with E-state index in [1.54, 1.807) is 54.6 Å². The van der Waals surface area contributed by atoms with Gasteiger partial charge in [0.05, 0.1) is 19.9 Å². The average molecular weight is 581 g/mol. The molecule has 3 aromatic carbocycles. The number of rotatable bonds is 10. The molecule has 12 heteroatoms. The van der Waals surface area contributed by atoms with E-state index in [1.807, 2.05) is 0 Å². The summed E-state index contributed by atoms with van der Waals surface area (Å²) in [5.74, 6) is -5.71. The van der Waals surface area contributed by atoms with Gasteiger partial charge in [0.2, 0.25) is 0 Å². The van der Waals surface area contributed by atoms with Crippen LogP contribution in [0.25, 0.3) is 11.5 Å². The molecule has 0 bridgehead atoms. The Labute approximate surface area is 242 Å². The van der Waals surface area contributed by atoms with Crippen LogP contribution in [0.5, 0.6) is 11.5 Å². The smallest absolute Gasteiger partial charge is 0.379 e. The Morgan fingerprint density at radius 3 is 1.57 bits per heavy atom. The van der Waals surface area contributed by atoms with Crippen LogP contribution in [-0.2, 0) is 19.2 Å². The molecular weight excluding hydrogens is 548 g/mol. The summed E-state index contributed by atoms with van der Waals surface area (Å²) in [5.41, 5.74) is 0.315. The number of hydrogen-bond acceptors (Lipinski definition) is 10. The van der Waals surface area contributed by atoms with Crippen molar-refractivity contribution in [3.8, 4) is 11.5 Å². The normalized spacial score (nSPS) is 11.0. The minimum atomic E-state index is -1.74. The van der Waals surface area contributed by atoms with E-state index >= 15 is 0 Å². The van der Waals surface area contributed by atoms with Gasteiger partial charge in [-0.2, -0.15) is 5.11 Å². The van der Waals surface area contributed by atoms with Crippen LogP contribution >= 0.6 is 0 Å². The fourth-order valence-electron chi connectivity index (χ4n) is 2.82. The average Bonchev–Trinajstić information content (AvgIpc) is 2.97. The molecule has 0 aromatic heterocycles. The number of methoxy groups -OCH3 is 2. The summed E-state index contributed by atoms with van der Waals surface area (Å²) in [7, 11) is 2.98. The highest BCUT2D eigenvalue weighted by Crippen LogP contribution is 2.23. The predicted octanol–water partition coefficient (Wildman–Crippen LogP) is 5.88. The number of carbonyl (C=O) groups is 4. The molecule has 0 fully saturated rings. The number of aliphatic hydroxyl groups excluding tert-OH is 2. The SMILES string of the molecule is C.C.COc1ccc(C(O)=C(N=Nc2ccccc2)C(=O)C(=O)O)cc1.COc1ccc(C(O)=CC(=O)C(=O)O)cc1. The molecule has 0 atom stereocenters. The van der Waals surface area contributed by atoms with Gasteiger partial charge in [0.1, 0.15) is 17.3 Å². The number of hydrogen-bond donors (Lipinski definition) is 4. The molecule has 0 saturated heterocycles. The molecule has 42 heavy (non-hydrogen) atoms. The first-order chi connectivity index (χ1) is 19.1. The van der Waals surface area contributed by atoms with Crippen LogP contribution in [0, 0.1) is 0 Å². The number of ether oxygens (including phenoxy) is 2. The maximum Gasteiger partial charge on any atom is 0.379 e. The van der Waals surface area contributed by atoms with Crippen LogP contribution < -0.4 is 9.47 Å². The lowest BCUT2D eigenvalue weighted by atomic mass is 10.1. The highest BCUT2D eigenvalue weighted by Gasteiger charge is 2.23. The highest BCUT2D eigenvalue weighted by molar-refractivity contribution is 6.40. The summed E-state index contributed by atoms with van der Waals surface area (Å²) in [4.78, 5) is 43.8. The van der Waals surface area contributed by atoms with E-state index < -0.39 is 40.7 Å². The van der Waals surface area contributed by atoms with Gasteiger partial charge in [0.25, 0.3) is 11.6 Å². The molecule has 0 aliphatic carbocycles. The predicted molar refractivity (Wildman–Crippen MR) is 156 cm³/mol. The highest BCUT2D eigenvalue weighted by atomic mass is 16.5. The number of aliphatic hydroxyl groups is 2. The molecule has 3 rings (SSSR count). The second-order valence-electron chi connectivity index (χ2n) is 7.52. The third kappa shape index (κ3) is 10.8. The molecule has 0 unspecified atom stereocenters. The van der Waals surface area contributed by atoms with Gasteiger partial charge in [-0.05, 0) is 60.7 Å². The Kier molecular flexibility index (Phi) is 15.3. The Balaban J connectivity index is 0.000000822. The third-order valence-corrected chi connectivity index (χ3v) is 4.88. The number of aliphatic carboxylic acids is 2. The summed E-state index contributed by atoms with van der Waals surface area (Å²) in [5, 5.41) is 44.3. The number of carboxylic acids is 2. The van der Waals surface area contributed by atoms with Crippen LogP contribution in [0.1, 0.15) is 26.0 Å². The molecule has 0 radical (unpaired) electrons. The second kappa shape index (κ2) is 17.7. The van der Waals surface area contributed by atoms with Crippen molar-refractivity contribution in [2.75, 3.05) is 14.2 Å². The lowest BCUT2D eigenvalue weighted by Crippen LogP contribution is -2.15. The van der Waals surface area contributed by atoms with Crippen molar-refractivity contribution in [2.24, 2.45) is 10.2 Å². The van der Waals surface area contributed by atoms with E-state index in [0.717, 1.165) is 0 Å². The first kappa shape index (κ1) is 36.2. The molecule has 0 aliphatic rings. The Morgan fingerprint density at radius 1 is 0.667 bits per heavy atom. The summed E-state index contributed by atoms with van der Waals surface area (Å²) < 4.78 is 9.91. The topological polar surface area (TPSA) is 192 Å². The summed E-state index contributed by atoms with van der Waals surface area (Å²) in [6, 6.07) is 20.7. The first-order valence-corrected chi connectivity index (χ1v) is 11.2. The zero-order valence-corrected chi connectivity index (χ0v) is 21.2. The van der Waals surface area contributed by atoms with Crippen molar-refractivity contribution >= 4 is 40.7 Å². The van der Waals surface area contributed by atoms with Crippen LogP contribution in [0.15, 0.2) is 101 Å². The van der Waals surface area contributed by atoms with Crippen molar-refractivity contribution in [3.63, 3.8) is 0 Å². The number of carboxylic acid groups (broad SMARTS) is 2. The van der Waals surface area contributed by atoms with Crippen molar-refractivity contribution in [2.45, 2.75) is 14.9 Å². The minimum absolute atomic E-state index is 0. The molecule has 0 heterocycles. The molecule has 0 spiro atoms. The van der Waals surface area contributed by atoms with Gasteiger partial charge in [-0.15, -0.1) is 5.11 Å². The van der Waals surface area contributed by atoms with Gasteiger partial charge in [0, 0.05) is 17.2 Å². The van der Waals surface area contributed by atoms with E-state index in [4.69, 9.17) is 19.7 Å². The number of benzene rings is 3. The summed E-state index contributed by atoms with van der Waals surface area (Å²) in [6.45, 7) is 0. The van der Waals surface area contributed by atoms with Gasteiger partial charge < -0.3 is 29.9 Å². The van der Waals surface area contributed by atoms with Gasteiger partial charge in [-0.1, -0.05) is 33.1 Å². The van der Waals surface area contributed by atoms with Gasteiger partial charge in [-0.25, -0.2) is 9.59 Å². The van der Waals surface area contributed by atoms with Crippen LogP contribution in [0.2, 0.25) is 0 Å². The molecule has 0 saturated carbocycles. The van der Waals surface area contributed by atoms with Crippen LogP contribution in [0.4, 0.5) is 5.69 Å². The van der Waals surface area contributed by atoms with Crippen molar-refractivity contribution < 1.29 is 49.1 Å².